The summed E-state index contributed by atoms with van der Waals surface area (Å²) in [5, 5.41) is 15.5. The van der Waals surface area contributed by atoms with E-state index in [4.69, 9.17) is 27.9 Å². The van der Waals surface area contributed by atoms with Crippen molar-refractivity contribution in [2.75, 3.05) is 20.2 Å². The van der Waals surface area contributed by atoms with Crippen molar-refractivity contribution in [3.05, 3.63) is 86.6 Å². The maximum Gasteiger partial charge on any atom is 0.277 e. The van der Waals surface area contributed by atoms with Gasteiger partial charge in [-0.3, -0.25) is 24.0 Å². The standard InChI is InChI=1S/C30H26Cl2N6O4/c1-30(41)15-37(16-30)13-24-35-38-12-18(11-23(38)29(40)36(24)2)27-26(32)20(9-10-33-27)19-5-4-6-21(25(19)31)22-8-7-17(14-39)28(34-22)42-3/h4-12,14,41H,13,15-16H2,1-3H3. The quantitative estimate of drug-likeness (QED) is 0.270. The average molecular weight is 605 g/mol. The molecule has 1 N–H and O–H groups in total. The molecule has 0 radical (unpaired) electrons. The first kappa shape index (κ1) is 28.0. The molecule has 42 heavy (non-hydrogen) atoms. The number of fused-ring (bicyclic) bond motifs is 1. The Kier molecular flexibility index (Phi) is 7.10. The van der Waals surface area contributed by atoms with E-state index < -0.39 is 5.60 Å². The molecule has 1 saturated heterocycles. The Balaban J connectivity index is 1.39. The van der Waals surface area contributed by atoms with Crippen LogP contribution in [0.3, 0.4) is 0 Å². The lowest BCUT2D eigenvalue weighted by molar-refractivity contribution is -0.0885. The number of benzene rings is 1. The minimum atomic E-state index is -0.718. The van der Waals surface area contributed by atoms with Crippen LogP contribution in [0.1, 0.15) is 23.1 Å². The molecule has 0 saturated carbocycles. The molecular formula is C30H26Cl2N6O4. The third-order valence-electron chi connectivity index (χ3n) is 7.37. The van der Waals surface area contributed by atoms with Gasteiger partial charge in [-0.15, -0.1) is 0 Å². The number of methoxy groups -OCH3 is 1. The van der Waals surface area contributed by atoms with Gasteiger partial charge in [-0.05, 0) is 31.2 Å². The fourth-order valence-corrected chi connectivity index (χ4v) is 5.96. The van der Waals surface area contributed by atoms with E-state index in [-0.39, 0.29) is 11.4 Å². The monoisotopic (exact) mass is 604 g/mol. The SMILES string of the molecule is COc1nc(-c2cccc(-c3ccnc(-c4cc5c(=O)n(C)c(CN6CC(C)(O)C6)nn5c4)c3Cl)c2Cl)ccc1C=O. The molecule has 1 aliphatic heterocycles. The topological polar surface area (TPSA) is 115 Å². The highest BCUT2D eigenvalue weighted by Crippen LogP contribution is 2.41. The van der Waals surface area contributed by atoms with Crippen molar-refractivity contribution in [2.45, 2.75) is 19.1 Å². The van der Waals surface area contributed by atoms with E-state index in [1.807, 2.05) is 23.1 Å². The van der Waals surface area contributed by atoms with Crippen molar-refractivity contribution >= 4 is 35.0 Å². The second-order valence-electron chi connectivity index (χ2n) is 10.6. The van der Waals surface area contributed by atoms with Gasteiger partial charge in [0.05, 0.1) is 46.3 Å². The lowest BCUT2D eigenvalue weighted by atomic mass is 9.97. The van der Waals surface area contributed by atoms with Crippen LogP contribution in [0.25, 0.3) is 39.2 Å². The van der Waals surface area contributed by atoms with Crippen LogP contribution in [0.4, 0.5) is 0 Å². The molecule has 0 amide bonds. The molecule has 12 heteroatoms. The summed E-state index contributed by atoms with van der Waals surface area (Å²) in [6.07, 6.45) is 4.04. The van der Waals surface area contributed by atoms with Gasteiger partial charge < -0.3 is 9.84 Å². The lowest BCUT2D eigenvalue weighted by Crippen LogP contribution is -2.59. The Hall–Kier alpha value is -4.09. The van der Waals surface area contributed by atoms with E-state index in [0.29, 0.717) is 86.5 Å². The van der Waals surface area contributed by atoms with Crippen molar-refractivity contribution in [1.82, 2.24) is 29.0 Å². The predicted octanol–water partition coefficient (Wildman–Crippen LogP) is 4.52. The number of rotatable bonds is 7. The van der Waals surface area contributed by atoms with Crippen molar-refractivity contribution < 1.29 is 14.6 Å². The van der Waals surface area contributed by atoms with Crippen molar-refractivity contribution in [3.8, 4) is 39.5 Å². The third-order valence-corrected chi connectivity index (χ3v) is 8.16. The highest BCUT2D eigenvalue weighted by molar-refractivity contribution is 6.39. The Morgan fingerprint density at radius 1 is 1.10 bits per heavy atom. The first-order valence-electron chi connectivity index (χ1n) is 13.1. The Bertz CT molecular complexity index is 1930. The molecular weight excluding hydrogens is 579 g/mol. The van der Waals surface area contributed by atoms with Gasteiger partial charge in [0.25, 0.3) is 5.56 Å². The van der Waals surface area contributed by atoms with Crippen LogP contribution in [0.5, 0.6) is 5.88 Å². The van der Waals surface area contributed by atoms with Crippen LogP contribution < -0.4 is 10.3 Å². The zero-order valence-electron chi connectivity index (χ0n) is 23.0. The zero-order chi connectivity index (χ0) is 29.8. The Labute approximate surface area is 250 Å². The van der Waals surface area contributed by atoms with E-state index in [1.165, 1.54) is 11.7 Å². The van der Waals surface area contributed by atoms with E-state index in [2.05, 4.69) is 15.1 Å². The van der Waals surface area contributed by atoms with Gasteiger partial charge in [-0.2, -0.15) is 5.10 Å². The normalized spacial score (nSPS) is 14.6. The molecule has 0 atom stereocenters. The molecule has 4 aromatic heterocycles. The average Bonchev–Trinajstić information content (AvgIpc) is 3.39. The van der Waals surface area contributed by atoms with E-state index >= 15 is 0 Å². The van der Waals surface area contributed by atoms with Gasteiger partial charge in [-0.25, -0.2) is 9.50 Å². The lowest BCUT2D eigenvalue weighted by Gasteiger charge is -2.44. The summed E-state index contributed by atoms with van der Waals surface area (Å²) in [6, 6.07) is 12.3. The third kappa shape index (κ3) is 4.86. The number of carbonyl (C=O) groups excluding carboxylic acids is 1. The number of hydrogen-bond donors (Lipinski definition) is 1. The summed E-state index contributed by atoms with van der Waals surface area (Å²) in [7, 11) is 3.14. The molecule has 5 aromatic rings. The largest absolute Gasteiger partial charge is 0.480 e. The van der Waals surface area contributed by atoms with Crippen LogP contribution in [0, 0.1) is 0 Å². The van der Waals surface area contributed by atoms with Gasteiger partial charge >= 0.3 is 0 Å². The number of carbonyl (C=O) groups is 1. The van der Waals surface area contributed by atoms with E-state index in [9.17, 15) is 14.7 Å². The smallest absolute Gasteiger partial charge is 0.277 e. The molecule has 0 bridgehead atoms. The fourth-order valence-electron chi connectivity index (χ4n) is 5.32. The van der Waals surface area contributed by atoms with Crippen molar-refractivity contribution in [1.29, 1.82) is 0 Å². The van der Waals surface area contributed by atoms with Gasteiger partial charge in [0.2, 0.25) is 5.88 Å². The van der Waals surface area contributed by atoms with E-state index in [1.54, 1.807) is 55.1 Å². The van der Waals surface area contributed by atoms with Crippen LogP contribution in [-0.2, 0) is 13.6 Å². The Morgan fingerprint density at radius 3 is 2.55 bits per heavy atom. The van der Waals surface area contributed by atoms with Crippen molar-refractivity contribution in [3.63, 3.8) is 0 Å². The van der Waals surface area contributed by atoms with Gasteiger partial charge in [0, 0.05) is 54.8 Å². The minimum absolute atomic E-state index is 0.202. The van der Waals surface area contributed by atoms with Crippen LogP contribution in [0.2, 0.25) is 10.0 Å². The Morgan fingerprint density at radius 2 is 1.83 bits per heavy atom. The molecule has 0 aliphatic carbocycles. The van der Waals surface area contributed by atoms with Crippen LogP contribution >= 0.6 is 23.2 Å². The number of likely N-dealkylation sites (tertiary alicyclic amines) is 1. The summed E-state index contributed by atoms with van der Waals surface area (Å²) in [4.78, 5) is 35.5. The molecule has 5 heterocycles. The van der Waals surface area contributed by atoms with Gasteiger partial charge in [0.1, 0.15) is 11.3 Å². The molecule has 214 valence electrons. The molecule has 6 rings (SSSR count). The van der Waals surface area contributed by atoms with Gasteiger partial charge in [0.15, 0.2) is 6.29 Å². The number of β-amino-alcohol motifs (C(OH)–C–C–N with tert-alkyl or cyclic N) is 1. The maximum atomic E-state index is 13.2. The highest BCUT2D eigenvalue weighted by Gasteiger charge is 2.36. The number of aliphatic hydroxyl groups is 1. The summed E-state index contributed by atoms with van der Waals surface area (Å²) in [6.45, 7) is 3.25. The minimum Gasteiger partial charge on any atom is -0.480 e. The number of hydrogen-bond acceptors (Lipinski definition) is 8. The number of halogens is 2. The summed E-state index contributed by atoms with van der Waals surface area (Å²) in [5.41, 5.74) is 3.37. The molecule has 10 nitrogen and oxygen atoms in total. The van der Waals surface area contributed by atoms with E-state index in [0.717, 1.165) is 0 Å². The number of nitrogens with zero attached hydrogens (tertiary/aromatic N) is 6. The molecule has 0 spiro atoms. The van der Waals surface area contributed by atoms with Crippen LogP contribution in [0.15, 0.2) is 59.7 Å². The van der Waals surface area contributed by atoms with Crippen LogP contribution in [-0.4, -0.2) is 66.2 Å². The summed E-state index contributed by atoms with van der Waals surface area (Å²) < 4.78 is 8.33. The molecule has 1 aliphatic rings. The van der Waals surface area contributed by atoms with Crippen molar-refractivity contribution in [2.24, 2.45) is 7.05 Å². The second-order valence-corrected chi connectivity index (χ2v) is 11.3. The molecule has 1 aromatic carbocycles. The first-order valence-corrected chi connectivity index (χ1v) is 13.8. The second kappa shape index (κ2) is 10.6. The predicted molar refractivity (Wildman–Crippen MR) is 160 cm³/mol. The maximum absolute atomic E-state index is 13.2. The van der Waals surface area contributed by atoms with Gasteiger partial charge in [-0.1, -0.05) is 41.4 Å². The number of aromatic nitrogens is 5. The molecule has 1 fully saturated rings. The highest BCUT2D eigenvalue weighted by atomic mass is 35.5. The molecule has 0 unspecified atom stereocenters. The number of pyridine rings is 2. The fraction of sp³-hybridized carbons (Fsp3) is 0.233. The summed E-state index contributed by atoms with van der Waals surface area (Å²) >= 11 is 13.9. The summed E-state index contributed by atoms with van der Waals surface area (Å²) in [5.74, 6) is 0.779. The number of aldehydes is 1. The number of ether oxygens (including phenoxy) is 1. The first-order chi connectivity index (χ1) is 20.1. The zero-order valence-corrected chi connectivity index (χ0v) is 24.5.